The van der Waals surface area contributed by atoms with E-state index in [4.69, 9.17) is 11.3 Å². The SMILES string of the molecule is [C-]#[N+]c1ccc(C(=O)OCC(=O)NC(C)(C)C)cc1. The first-order valence-electron chi connectivity index (χ1n) is 5.77. The van der Waals surface area contributed by atoms with E-state index in [1.165, 1.54) is 24.3 Å². The van der Waals surface area contributed by atoms with Crippen LogP contribution in [0.15, 0.2) is 24.3 Å². The third-order valence-corrected chi connectivity index (χ3v) is 2.08. The van der Waals surface area contributed by atoms with Crippen molar-refractivity contribution in [3.8, 4) is 0 Å². The predicted octanol–water partition coefficient (Wildman–Crippen LogP) is 2.31. The van der Waals surface area contributed by atoms with Crippen LogP contribution in [0.25, 0.3) is 4.85 Å². The summed E-state index contributed by atoms with van der Waals surface area (Å²) in [6.07, 6.45) is 0. The van der Waals surface area contributed by atoms with Gasteiger partial charge in [-0.05, 0) is 20.8 Å². The largest absolute Gasteiger partial charge is 0.452 e. The quantitative estimate of drug-likeness (QED) is 0.670. The van der Waals surface area contributed by atoms with Crippen LogP contribution in [0.4, 0.5) is 5.69 Å². The third kappa shape index (κ3) is 5.21. The maximum absolute atomic E-state index is 11.6. The Morgan fingerprint density at radius 3 is 2.32 bits per heavy atom. The first kappa shape index (κ1) is 14.7. The number of hydrogen-bond donors (Lipinski definition) is 1. The maximum atomic E-state index is 11.6. The van der Waals surface area contributed by atoms with Gasteiger partial charge in [0, 0.05) is 5.54 Å². The van der Waals surface area contributed by atoms with Crippen molar-refractivity contribution < 1.29 is 14.3 Å². The molecule has 0 aliphatic carbocycles. The van der Waals surface area contributed by atoms with Gasteiger partial charge in [-0.15, -0.1) is 0 Å². The molecule has 0 radical (unpaired) electrons. The fourth-order valence-corrected chi connectivity index (χ4v) is 1.34. The molecule has 0 saturated carbocycles. The lowest BCUT2D eigenvalue weighted by atomic mass is 10.1. The molecule has 0 bridgehead atoms. The molecular weight excluding hydrogens is 244 g/mol. The van der Waals surface area contributed by atoms with Crippen LogP contribution in [-0.4, -0.2) is 24.0 Å². The van der Waals surface area contributed by atoms with Crippen LogP contribution in [-0.2, 0) is 9.53 Å². The Kier molecular flexibility index (Phi) is 4.65. The summed E-state index contributed by atoms with van der Waals surface area (Å²) >= 11 is 0. The fourth-order valence-electron chi connectivity index (χ4n) is 1.34. The van der Waals surface area contributed by atoms with Crippen LogP contribution in [0.2, 0.25) is 0 Å². The molecule has 5 nitrogen and oxygen atoms in total. The predicted molar refractivity (Wildman–Crippen MR) is 70.9 cm³/mol. The number of nitrogens with zero attached hydrogens (tertiary/aromatic N) is 1. The highest BCUT2D eigenvalue weighted by Crippen LogP contribution is 2.13. The van der Waals surface area contributed by atoms with Crippen LogP contribution < -0.4 is 5.32 Å². The Hall–Kier alpha value is -2.35. The smallest absolute Gasteiger partial charge is 0.338 e. The summed E-state index contributed by atoms with van der Waals surface area (Å²) in [5.41, 5.74) is 0.402. The van der Waals surface area contributed by atoms with Crippen molar-refractivity contribution in [2.75, 3.05) is 6.61 Å². The number of hydrogen-bond acceptors (Lipinski definition) is 3. The highest BCUT2D eigenvalue weighted by Gasteiger charge is 2.15. The summed E-state index contributed by atoms with van der Waals surface area (Å²) in [4.78, 5) is 26.3. The van der Waals surface area contributed by atoms with Crippen LogP contribution in [0.5, 0.6) is 0 Å². The number of esters is 1. The number of carbonyl (C=O) groups excluding carboxylic acids is 2. The lowest BCUT2D eigenvalue weighted by Crippen LogP contribution is -2.42. The Balaban J connectivity index is 2.51. The Labute approximate surface area is 112 Å². The van der Waals surface area contributed by atoms with Gasteiger partial charge in [-0.2, -0.15) is 0 Å². The first-order valence-corrected chi connectivity index (χ1v) is 5.77. The topological polar surface area (TPSA) is 59.8 Å². The molecule has 1 aromatic carbocycles. The molecule has 5 heteroatoms. The molecule has 0 aliphatic rings. The van der Waals surface area contributed by atoms with Gasteiger partial charge in [-0.25, -0.2) is 9.64 Å². The summed E-state index contributed by atoms with van der Waals surface area (Å²) in [6, 6.07) is 6.05. The molecule has 0 atom stereocenters. The van der Waals surface area contributed by atoms with E-state index in [0.29, 0.717) is 11.3 Å². The van der Waals surface area contributed by atoms with E-state index >= 15 is 0 Å². The van der Waals surface area contributed by atoms with Crippen molar-refractivity contribution in [3.05, 3.63) is 41.2 Å². The van der Waals surface area contributed by atoms with Gasteiger partial charge in [0.2, 0.25) is 0 Å². The molecule has 0 fully saturated rings. The Morgan fingerprint density at radius 2 is 1.84 bits per heavy atom. The molecule has 1 aromatic rings. The molecule has 0 saturated heterocycles. The van der Waals surface area contributed by atoms with E-state index in [1.54, 1.807) is 0 Å². The van der Waals surface area contributed by atoms with E-state index in [9.17, 15) is 9.59 Å². The number of ether oxygens (including phenoxy) is 1. The van der Waals surface area contributed by atoms with E-state index in [-0.39, 0.29) is 18.1 Å². The second-order valence-corrected chi connectivity index (χ2v) is 5.03. The molecule has 1 rings (SSSR count). The molecule has 0 unspecified atom stereocenters. The van der Waals surface area contributed by atoms with Gasteiger partial charge in [-0.3, -0.25) is 4.79 Å². The highest BCUT2D eigenvalue weighted by molar-refractivity contribution is 5.91. The molecule has 0 aromatic heterocycles. The average molecular weight is 260 g/mol. The number of nitrogens with one attached hydrogen (secondary N) is 1. The van der Waals surface area contributed by atoms with E-state index in [2.05, 4.69) is 10.2 Å². The molecule has 0 aliphatic heterocycles. The maximum Gasteiger partial charge on any atom is 0.338 e. The van der Waals surface area contributed by atoms with Gasteiger partial charge in [-0.1, -0.05) is 24.3 Å². The third-order valence-electron chi connectivity index (χ3n) is 2.08. The van der Waals surface area contributed by atoms with Crippen LogP contribution in [0.1, 0.15) is 31.1 Å². The standard InChI is InChI=1S/C14H16N2O3/c1-14(2,3)16-12(17)9-19-13(18)10-5-7-11(15-4)8-6-10/h5-8H,9H2,1-3H3,(H,16,17). The van der Waals surface area contributed by atoms with E-state index < -0.39 is 5.97 Å². The minimum Gasteiger partial charge on any atom is -0.452 e. The lowest BCUT2D eigenvalue weighted by molar-refractivity contribution is -0.125. The monoisotopic (exact) mass is 260 g/mol. The zero-order valence-electron chi connectivity index (χ0n) is 11.2. The first-order chi connectivity index (χ1) is 8.81. The van der Waals surface area contributed by atoms with Crippen molar-refractivity contribution in [2.24, 2.45) is 0 Å². The van der Waals surface area contributed by atoms with Crippen molar-refractivity contribution in [2.45, 2.75) is 26.3 Å². The fraction of sp³-hybridized carbons (Fsp3) is 0.357. The normalized spacial score (nSPS) is 10.4. The van der Waals surface area contributed by atoms with Gasteiger partial charge < -0.3 is 10.1 Å². The van der Waals surface area contributed by atoms with Crippen molar-refractivity contribution in [1.29, 1.82) is 0 Å². The van der Waals surface area contributed by atoms with Crippen molar-refractivity contribution in [1.82, 2.24) is 5.32 Å². The molecule has 0 spiro atoms. The van der Waals surface area contributed by atoms with Gasteiger partial charge in [0.05, 0.1) is 12.1 Å². The summed E-state index contributed by atoms with van der Waals surface area (Å²) in [6.45, 7) is 12.0. The average Bonchev–Trinajstić information content (AvgIpc) is 2.34. The van der Waals surface area contributed by atoms with Gasteiger partial charge >= 0.3 is 5.97 Å². The summed E-state index contributed by atoms with van der Waals surface area (Å²) < 4.78 is 4.88. The zero-order valence-corrected chi connectivity index (χ0v) is 11.2. The van der Waals surface area contributed by atoms with E-state index in [1.807, 2.05) is 20.8 Å². The van der Waals surface area contributed by atoms with Crippen LogP contribution >= 0.6 is 0 Å². The second-order valence-electron chi connectivity index (χ2n) is 5.03. The molecule has 1 N–H and O–H groups in total. The number of benzene rings is 1. The summed E-state index contributed by atoms with van der Waals surface area (Å²) in [5, 5.41) is 2.69. The Morgan fingerprint density at radius 1 is 1.26 bits per heavy atom. The van der Waals surface area contributed by atoms with Crippen LogP contribution in [0.3, 0.4) is 0 Å². The minimum absolute atomic E-state index is 0.316. The van der Waals surface area contributed by atoms with Crippen molar-refractivity contribution >= 4 is 17.6 Å². The van der Waals surface area contributed by atoms with Crippen LogP contribution in [0, 0.1) is 6.57 Å². The van der Waals surface area contributed by atoms with Gasteiger partial charge in [0.25, 0.3) is 5.91 Å². The summed E-state index contributed by atoms with van der Waals surface area (Å²) in [7, 11) is 0. The number of rotatable bonds is 3. The number of carbonyl (C=O) groups is 2. The lowest BCUT2D eigenvalue weighted by Gasteiger charge is -2.20. The van der Waals surface area contributed by atoms with Gasteiger partial charge in [0.15, 0.2) is 12.3 Å². The van der Waals surface area contributed by atoms with Gasteiger partial charge in [0.1, 0.15) is 0 Å². The molecule has 1 amide bonds. The zero-order chi connectivity index (χ0) is 14.5. The molecule has 19 heavy (non-hydrogen) atoms. The molecule has 100 valence electrons. The molecular formula is C14H16N2O3. The van der Waals surface area contributed by atoms with E-state index in [0.717, 1.165) is 0 Å². The minimum atomic E-state index is -0.583. The number of amides is 1. The van der Waals surface area contributed by atoms with Crippen molar-refractivity contribution in [3.63, 3.8) is 0 Å². The second kappa shape index (κ2) is 6.01. The summed E-state index contributed by atoms with van der Waals surface area (Å²) in [5.74, 6) is -0.931. The molecule has 0 heterocycles. The Bertz CT molecular complexity index is 507. The highest BCUT2D eigenvalue weighted by atomic mass is 16.5.